The molecular weight excluding hydrogens is 387 g/mol. The first kappa shape index (κ1) is 22.9. The first-order chi connectivity index (χ1) is 12.1. The number of anilines is 2. The average Bonchev–Trinajstić information content (AvgIpc) is 3.02. The Labute approximate surface area is 171 Å². The summed E-state index contributed by atoms with van der Waals surface area (Å²) in [4.78, 5) is 28.3. The molecule has 1 aliphatic carbocycles. The molecular formula is C19H24Cl2N4O2. The molecule has 0 bridgehead atoms. The van der Waals surface area contributed by atoms with E-state index in [9.17, 15) is 9.59 Å². The van der Waals surface area contributed by atoms with Crippen LogP contribution in [0.5, 0.6) is 0 Å². The highest BCUT2D eigenvalue weighted by atomic mass is 35.5. The van der Waals surface area contributed by atoms with E-state index in [-0.39, 0.29) is 48.6 Å². The molecule has 1 saturated carbocycles. The van der Waals surface area contributed by atoms with Gasteiger partial charge in [-0.05, 0) is 43.0 Å². The van der Waals surface area contributed by atoms with Crippen molar-refractivity contribution in [2.24, 2.45) is 11.7 Å². The number of hydrogen-bond acceptors (Lipinski definition) is 4. The van der Waals surface area contributed by atoms with E-state index < -0.39 is 0 Å². The standard InChI is InChI=1S/C19H22N4O2.2ClH/c20-16-8-4-7-14(16)11-18(24)22-15-9-10-17(21-12-15)23-19(25)13-5-2-1-3-6-13;;/h1-3,5-6,9-10,12,14,16H,4,7-8,11,20H2,(H,22,24)(H,21,23,25);2*1H/t14-,16+;;/m0../s1. The maximum atomic E-state index is 12.1. The van der Waals surface area contributed by atoms with Crippen LogP contribution in [0.3, 0.4) is 0 Å². The molecule has 1 heterocycles. The number of benzene rings is 1. The fraction of sp³-hybridized carbons (Fsp3) is 0.316. The first-order valence-corrected chi connectivity index (χ1v) is 8.50. The van der Waals surface area contributed by atoms with Crippen LogP contribution in [0.4, 0.5) is 11.5 Å². The van der Waals surface area contributed by atoms with Crippen LogP contribution in [-0.2, 0) is 4.79 Å². The number of aromatic nitrogens is 1. The number of nitrogens with one attached hydrogen (secondary N) is 2. The molecule has 2 atom stereocenters. The number of pyridine rings is 1. The molecule has 0 radical (unpaired) electrons. The summed E-state index contributed by atoms with van der Waals surface area (Å²) in [5.41, 5.74) is 7.17. The molecule has 4 N–H and O–H groups in total. The van der Waals surface area contributed by atoms with Crippen LogP contribution >= 0.6 is 24.8 Å². The second-order valence-electron chi connectivity index (χ2n) is 6.36. The van der Waals surface area contributed by atoms with Gasteiger partial charge in [0.25, 0.3) is 5.91 Å². The van der Waals surface area contributed by atoms with Crippen molar-refractivity contribution in [3.63, 3.8) is 0 Å². The number of rotatable bonds is 5. The van der Waals surface area contributed by atoms with Crippen molar-refractivity contribution in [2.45, 2.75) is 31.7 Å². The van der Waals surface area contributed by atoms with Crippen LogP contribution in [0.1, 0.15) is 36.0 Å². The van der Waals surface area contributed by atoms with Gasteiger partial charge in [-0.15, -0.1) is 24.8 Å². The average molecular weight is 411 g/mol. The van der Waals surface area contributed by atoms with E-state index in [1.165, 1.54) is 6.20 Å². The highest BCUT2D eigenvalue weighted by Gasteiger charge is 2.26. The highest BCUT2D eigenvalue weighted by Crippen LogP contribution is 2.27. The molecule has 0 aliphatic heterocycles. The number of nitrogens with zero attached hydrogens (tertiary/aromatic N) is 1. The van der Waals surface area contributed by atoms with Crippen LogP contribution in [0.25, 0.3) is 0 Å². The molecule has 3 rings (SSSR count). The van der Waals surface area contributed by atoms with E-state index in [0.717, 1.165) is 19.3 Å². The second-order valence-corrected chi connectivity index (χ2v) is 6.36. The maximum absolute atomic E-state index is 12.1. The SMILES string of the molecule is Cl.Cl.N[C@@H]1CCC[C@H]1CC(=O)Nc1ccc(NC(=O)c2ccccc2)nc1. The molecule has 0 spiro atoms. The van der Waals surface area contributed by atoms with Crippen molar-refractivity contribution in [3.05, 3.63) is 54.2 Å². The van der Waals surface area contributed by atoms with Gasteiger partial charge < -0.3 is 16.4 Å². The number of amides is 2. The monoisotopic (exact) mass is 410 g/mol. The molecule has 146 valence electrons. The minimum atomic E-state index is -0.222. The Hall–Kier alpha value is -2.15. The van der Waals surface area contributed by atoms with Gasteiger partial charge in [-0.3, -0.25) is 9.59 Å². The molecule has 0 saturated heterocycles. The van der Waals surface area contributed by atoms with Crippen molar-refractivity contribution in [3.8, 4) is 0 Å². The van der Waals surface area contributed by atoms with Gasteiger partial charge in [0, 0.05) is 18.0 Å². The van der Waals surface area contributed by atoms with Crippen molar-refractivity contribution < 1.29 is 9.59 Å². The van der Waals surface area contributed by atoms with E-state index in [1.54, 1.807) is 36.4 Å². The summed E-state index contributed by atoms with van der Waals surface area (Å²) in [5, 5.41) is 5.56. The first-order valence-electron chi connectivity index (χ1n) is 8.50. The summed E-state index contributed by atoms with van der Waals surface area (Å²) in [5.74, 6) is 0.424. The van der Waals surface area contributed by atoms with Gasteiger partial charge in [0.15, 0.2) is 0 Å². The lowest BCUT2D eigenvalue weighted by molar-refractivity contribution is -0.117. The molecule has 1 fully saturated rings. The van der Waals surface area contributed by atoms with E-state index in [1.807, 2.05) is 6.07 Å². The van der Waals surface area contributed by atoms with Gasteiger partial charge >= 0.3 is 0 Å². The predicted molar refractivity (Wildman–Crippen MR) is 112 cm³/mol. The largest absolute Gasteiger partial charge is 0.327 e. The summed E-state index contributed by atoms with van der Waals surface area (Å²) in [6, 6.07) is 12.4. The van der Waals surface area contributed by atoms with Crippen LogP contribution in [0.2, 0.25) is 0 Å². The Morgan fingerprint density at radius 3 is 2.37 bits per heavy atom. The topological polar surface area (TPSA) is 97.1 Å². The van der Waals surface area contributed by atoms with Gasteiger partial charge in [-0.25, -0.2) is 4.98 Å². The molecule has 1 aromatic carbocycles. The molecule has 6 nitrogen and oxygen atoms in total. The van der Waals surface area contributed by atoms with Crippen molar-refractivity contribution in [1.82, 2.24) is 4.98 Å². The zero-order valence-electron chi connectivity index (χ0n) is 14.8. The van der Waals surface area contributed by atoms with Crippen LogP contribution in [0, 0.1) is 5.92 Å². The molecule has 8 heteroatoms. The summed E-state index contributed by atoms with van der Waals surface area (Å²) in [6.07, 6.45) is 5.07. The quantitative estimate of drug-likeness (QED) is 0.700. The zero-order chi connectivity index (χ0) is 17.6. The molecule has 27 heavy (non-hydrogen) atoms. The lowest BCUT2D eigenvalue weighted by atomic mass is 10.00. The Morgan fingerprint density at radius 1 is 1.04 bits per heavy atom. The fourth-order valence-electron chi connectivity index (χ4n) is 3.09. The lowest BCUT2D eigenvalue weighted by Gasteiger charge is -2.14. The van der Waals surface area contributed by atoms with E-state index in [0.29, 0.717) is 23.5 Å². The number of nitrogens with two attached hydrogens (primary N) is 1. The summed E-state index contributed by atoms with van der Waals surface area (Å²) < 4.78 is 0. The summed E-state index contributed by atoms with van der Waals surface area (Å²) in [7, 11) is 0. The number of halogens is 2. The molecule has 1 aliphatic rings. The van der Waals surface area contributed by atoms with Crippen LogP contribution < -0.4 is 16.4 Å². The summed E-state index contributed by atoms with van der Waals surface area (Å²) in [6.45, 7) is 0. The minimum Gasteiger partial charge on any atom is -0.327 e. The van der Waals surface area contributed by atoms with Crippen molar-refractivity contribution in [2.75, 3.05) is 10.6 Å². The van der Waals surface area contributed by atoms with Gasteiger partial charge in [-0.1, -0.05) is 24.6 Å². The smallest absolute Gasteiger partial charge is 0.256 e. The van der Waals surface area contributed by atoms with Gasteiger partial charge in [0.05, 0.1) is 11.9 Å². The maximum Gasteiger partial charge on any atom is 0.256 e. The summed E-state index contributed by atoms with van der Waals surface area (Å²) >= 11 is 0. The Bertz CT molecular complexity index is 741. The number of carbonyl (C=O) groups is 2. The van der Waals surface area contributed by atoms with Crippen LogP contribution in [0.15, 0.2) is 48.7 Å². The number of hydrogen-bond donors (Lipinski definition) is 3. The van der Waals surface area contributed by atoms with E-state index in [4.69, 9.17) is 5.73 Å². The third-order valence-corrected chi connectivity index (χ3v) is 4.49. The molecule has 2 amide bonds. The molecule has 2 aromatic rings. The predicted octanol–water partition coefficient (Wildman–Crippen LogP) is 3.63. The highest BCUT2D eigenvalue weighted by molar-refractivity contribution is 6.03. The third-order valence-electron chi connectivity index (χ3n) is 4.49. The number of carbonyl (C=O) groups excluding carboxylic acids is 2. The van der Waals surface area contributed by atoms with E-state index in [2.05, 4.69) is 15.6 Å². The molecule has 1 aromatic heterocycles. The van der Waals surface area contributed by atoms with Gasteiger partial charge in [0.1, 0.15) is 5.82 Å². The second kappa shape index (κ2) is 10.9. The normalized spacial score (nSPS) is 18.0. The lowest BCUT2D eigenvalue weighted by Crippen LogP contribution is -2.28. The third kappa shape index (κ3) is 6.50. The Balaban J connectivity index is 0.00000182. The van der Waals surface area contributed by atoms with Crippen molar-refractivity contribution >= 4 is 48.1 Å². The Kier molecular flexibility index (Phi) is 9.21. The minimum absolute atomic E-state index is 0. The van der Waals surface area contributed by atoms with E-state index >= 15 is 0 Å². The zero-order valence-corrected chi connectivity index (χ0v) is 16.4. The fourth-order valence-corrected chi connectivity index (χ4v) is 3.09. The van der Waals surface area contributed by atoms with Crippen LogP contribution in [-0.4, -0.2) is 22.8 Å². The van der Waals surface area contributed by atoms with Gasteiger partial charge in [-0.2, -0.15) is 0 Å². The Morgan fingerprint density at radius 2 is 1.78 bits per heavy atom. The van der Waals surface area contributed by atoms with Gasteiger partial charge in [0.2, 0.25) is 5.91 Å². The van der Waals surface area contributed by atoms with Crippen molar-refractivity contribution in [1.29, 1.82) is 0 Å². The molecule has 0 unspecified atom stereocenters.